The number of pyridine rings is 1. The predicted molar refractivity (Wildman–Crippen MR) is 47.2 cm³/mol. The Morgan fingerprint density at radius 2 is 2.29 bits per heavy atom. The molecule has 0 aliphatic carbocycles. The van der Waals surface area contributed by atoms with Crippen LogP contribution in [0.4, 0.5) is 4.39 Å². The van der Waals surface area contributed by atoms with E-state index in [0.29, 0.717) is 0 Å². The standard InChI is InChI=1S/C9H9FN2O2/c1-6(13)4-12-9(14)7-2-3-11-5-8(7)10/h2-3,5H,4H2,1H3,(H,12,14). The van der Waals surface area contributed by atoms with E-state index < -0.39 is 11.7 Å². The highest BCUT2D eigenvalue weighted by Gasteiger charge is 2.10. The van der Waals surface area contributed by atoms with Gasteiger partial charge in [0.2, 0.25) is 0 Å². The highest BCUT2D eigenvalue weighted by atomic mass is 19.1. The first-order chi connectivity index (χ1) is 6.61. The molecule has 0 radical (unpaired) electrons. The number of aromatic nitrogens is 1. The molecule has 0 unspecified atom stereocenters. The van der Waals surface area contributed by atoms with E-state index in [2.05, 4.69) is 10.3 Å². The van der Waals surface area contributed by atoms with Crippen LogP contribution < -0.4 is 5.32 Å². The molecule has 0 aliphatic rings. The van der Waals surface area contributed by atoms with Crippen molar-refractivity contribution in [3.8, 4) is 0 Å². The van der Waals surface area contributed by atoms with Crippen molar-refractivity contribution in [3.63, 3.8) is 0 Å². The minimum absolute atomic E-state index is 0.0966. The van der Waals surface area contributed by atoms with Crippen molar-refractivity contribution in [2.45, 2.75) is 6.92 Å². The SMILES string of the molecule is CC(=O)CNC(=O)c1ccncc1F. The van der Waals surface area contributed by atoms with Gasteiger partial charge in [0.1, 0.15) is 5.78 Å². The number of nitrogens with zero attached hydrogens (tertiary/aromatic N) is 1. The second kappa shape index (κ2) is 4.45. The van der Waals surface area contributed by atoms with Gasteiger partial charge in [0.25, 0.3) is 5.91 Å². The van der Waals surface area contributed by atoms with Crippen LogP contribution in [0.25, 0.3) is 0 Å². The van der Waals surface area contributed by atoms with Gasteiger partial charge in [-0.1, -0.05) is 0 Å². The Bertz CT molecular complexity index is 366. The summed E-state index contributed by atoms with van der Waals surface area (Å²) in [6, 6.07) is 1.25. The third kappa shape index (κ3) is 2.62. The zero-order valence-electron chi connectivity index (χ0n) is 7.58. The molecule has 1 N–H and O–H groups in total. The highest BCUT2D eigenvalue weighted by Crippen LogP contribution is 2.03. The van der Waals surface area contributed by atoms with Crippen LogP contribution in [-0.2, 0) is 4.79 Å². The number of nitrogens with one attached hydrogen (secondary N) is 1. The van der Waals surface area contributed by atoms with Crippen LogP contribution in [0.3, 0.4) is 0 Å². The molecule has 0 atom stereocenters. The summed E-state index contributed by atoms with van der Waals surface area (Å²) in [6.45, 7) is 1.24. The molecule has 0 saturated carbocycles. The van der Waals surface area contributed by atoms with Crippen LogP contribution in [0, 0.1) is 5.82 Å². The number of rotatable bonds is 3. The number of hydrogen-bond acceptors (Lipinski definition) is 3. The van der Waals surface area contributed by atoms with Crippen LogP contribution in [0.5, 0.6) is 0 Å². The molecule has 0 spiro atoms. The molecule has 0 fully saturated rings. The quantitative estimate of drug-likeness (QED) is 0.767. The number of carbonyl (C=O) groups excluding carboxylic acids is 2. The van der Waals surface area contributed by atoms with Crippen molar-refractivity contribution in [2.75, 3.05) is 6.54 Å². The minimum Gasteiger partial charge on any atom is -0.345 e. The van der Waals surface area contributed by atoms with Crippen molar-refractivity contribution in [1.82, 2.24) is 10.3 Å². The molecule has 1 aromatic rings. The number of Topliss-reactive ketones (excluding diaryl/α,β-unsaturated/α-hetero) is 1. The fourth-order valence-corrected chi connectivity index (χ4v) is 0.859. The van der Waals surface area contributed by atoms with Crippen LogP contribution in [0.1, 0.15) is 17.3 Å². The van der Waals surface area contributed by atoms with Gasteiger partial charge in [0.05, 0.1) is 18.3 Å². The predicted octanol–water partition coefficient (Wildman–Crippen LogP) is 0.540. The Kier molecular flexibility index (Phi) is 3.28. The molecule has 1 rings (SSSR count). The molecule has 0 aromatic carbocycles. The molecular weight excluding hydrogens is 187 g/mol. The molecule has 5 heteroatoms. The van der Waals surface area contributed by atoms with Gasteiger partial charge in [-0.25, -0.2) is 4.39 Å². The van der Waals surface area contributed by atoms with Crippen LogP contribution in [0.15, 0.2) is 18.5 Å². The number of halogens is 1. The number of amides is 1. The monoisotopic (exact) mass is 196 g/mol. The Hall–Kier alpha value is -1.78. The molecule has 14 heavy (non-hydrogen) atoms. The molecule has 1 amide bonds. The van der Waals surface area contributed by atoms with Gasteiger partial charge in [0, 0.05) is 6.20 Å². The summed E-state index contributed by atoms with van der Waals surface area (Å²) in [6.07, 6.45) is 2.26. The van der Waals surface area contributed by atoms with Crippen molar-refractivity contribution in [3.05, 3.63) is 29.8 Å². The van der Waals surface area contributed by atoms with E-state index in [1.54, 1.807) is 0 Å². The lowest BCUT2D eigenvalue weighted by atomic mass is 10.2. The maximum Gasteiger partial charge on any atom is 0.254 e. The zero-order valence-corrected chi connectivity index (χ0v) is 7.58. The summed E-state index contributed by atoms with van der Waals surface area (Å²) in [4.78, 5) is 25.3. The normalized spacial score (nSPS) is 9.57. The fourth-order valence-electron chi connectivity index (χ4n) is 0.859. The summed E-state index contributed by atoms with van der Waals surface area (Å²) in [5.41, 5.74) is -0.110. The third-order valence-electron chi connectivity index (χ3n) is 1.51. The largest absolute Gasteiger partial charge is 0.345 e. The molecule has 1 heterocycles. The Balaban J connectivity index is 2.70. The van der Waals surface area contributed by atoms with Gasteiger partial charge in [-0.2, -0.15) is 0 Å². The average Bonchev–Trinajstić information content (AvgIpc) is 2.15. The number of ketones is 1. The van der Waals surface area contributed by atoms with Gasteiger partial charge in [0.15, 0.2) is 5.82 Å². The van der Waals surface area contributed by atoms with Gasteiger partial charge in [-0.05, 0) is 13.0 Å². The lowest BCUT2D eigenvalue weighted by Crippen LogP contribution is -2.28. The Labute approximate surface area is 80.1 Å². The summed E-state index contributed by atoms with van der Waals surface area (Å²) < 4.78 is 13.0. The topological polar surface area (TPSA) is 59.1 Å². The summed E-state index contributed by atoms with van der Waals surface area (Å²) in [5, 5.41) is 2.28. The first-order valence-electron chi connectivity index (χ1n) is 3.98. The maximum absolute atomic E-state index is 13.0. The first-order valence-corrected chi connectivity index (χ1v) is 3.98. The molecule has 4 nitrogen and oxygen atoms in total. The van der Waals surface area contributed by atoms with Gasteiger partial charge >= 0.3 is 0 Å². The summed E-state index contributed by atoms with van der Waals surface area (Å²) in [7, 11) is 0. The van der Waals surface area contributed by atoms with E-state index in [0.717, 1.165) is 6.20 Å². The van der Waals surface area contributed by atoms with Gasteiger partial charge in [-0.15, -0.1) is 0 Å². The number of carbonyl (C=O) groups is 2. The molecule has 0 aliphatic heterocycles. The number of hydrogen-bond donors (Lipinski definition) is 1. The van der Waals surface area contributed by atoms with Crippen molar-refractivity contribution < 1.29 is 14.0 Å². The maximum atomic E-state index is 13.0. The molecular formula is C9H9FN2O2. The molecule has 74 valence electrons. The smallest absolute Gasteiger partial charge is 0.254 e. The van der Waals surface area contributed by atoms with Crippen molar-refractivity contribution in [2.24, 2.45) is 0 Å². The zero-order chi connectivity index (χ0) is 10.6. The van der Waals surface area contributed by atoms with E-state index in [9.17, 15) is 14.0 Å². The van der Waals surface area contributed by atoms with Crippen LogP contribution >= 0.6 is 0 Å². The van der Waals surface area contributed by atoms with Gasteiger partial charge in [-0.3, -0.25) is 14.6 Å². The van der Waals surface area contributed by atoms with Crippen LogP contribution in [-0.4, -0.2) is 23.2 Å². The average molecular weight is 196 g/mol. The third-order valence-corrected chi connectivity index (χ3v) is 1.51. The van der Waals surface area contributed by atoms with Crippen molar-refractivity contribution >= 4 is 11.7 Å². The van der Waals surface area contributed by atoms with E-state index >= 15 is 0 Å². The lowest BCUT2D eigenvalue weighted by Gasteiger charge is -2.02. The second-order valence-corrected chi connectivity index (χ2v) is 2.74. The van der Waals surface area contributed by atoms with Crippen molar-refractivity contribution in [1.29, 1.82) is 0 Å². The van der Waals surface area contributed by atoms with Crippen LogP contribution in [0.2, 0.25) is 0 Å². The van der Waals surface area contributed by atoms with E-state index in [1.807, 2.05) is 0 Å². The molecule has 0 bridgehead atoms. The van der Waals surface area contributed by atoms with Gasteiger partial charge < -0.3 is 5.32 Å². The summed E-state index contributed by atoms with van der Waals surface area (Å²) in [5.74, 6) is -1.50. The minimum atomic E-state index is -0.700. The molecule has 0 saturated heterocycles. The second-order valence-electron chi connectivity index (χ2n) is 2.74. The fraction of sp³-hybridized carbons (Fsp3) is 0.222. The Morgan fingerprint density at radius 1 is 1.57 bits per heavy atom. The first kappa shape index (κ1) is 10.3. The van der Waals surface area contributed by atoms with E-state index in [4.69, 9.17) is 0 Å². The highest BCUT2D eigenvalue weighted by molar-refractivity contribution is 5.96. The lowest BCUT2D eigenvalue weighted by molar-refractivity contribution is -0.116. The Morgan fingerprint density at radius 3 is 2.86 bits per heavy atom. The molecule has 1 aromatic heterocycles. The van der Waals surface area contributed by atoms with E-state index in [-0.39, 0.29) is 17.9 Å². The summed E-state index contributed by atoms with van der Waals surface area (Å²) >= 11 is 0. The van der Waals surface area contributed by atoms with E-state index in [1.165, 1.54) is 19.2 Å².